The zero-order valence-electron chi connectivity index (χ0n) is 10.9. The number of primary sulfonamides is 1. The molecule has 1 aromatic carbocycles. The molecule has 6 nitrogen and oxygen atoms in total. The highest BCUT2D eigenvalue weighted by atomic mass is 32.2. The van der Waals surface area contributed by atoms with Crippen molar-refractivity contribution in [2.45, 2.75) is 18.4 Å². The fourth-order valence-electron chi connectivity index (χ4n) is 1.70. The summed E-state index contributed by atoms with van der Waals surface area (Å²) in [6, 6.07) is 9.43. The average Bonchev–Trinajstić information content (AvgIpc) is 2.39. The molecule has 0 spiro atoms. The molecule has 0 bridgehead atoms. The van der Waals surface area contributed by atoms with Crippen LogP contribution in [0.4, 0.5) is 5.69 Å². The molecule has 0 radical (unpaired) electrons. The lowest BCUT2D eigenvalue weighted by Gasteiger charge is -2.09. The van der Waals surface area contributed by atoms with Crippen LogP contribution in [-0.2, 0) is 16.6 Å². The van der Waals surface area contributed by atoms with E-state index >= 15 is 0 Å². The monoisotopic (exact) mass is 293 g/mol. The average molecular weight is 293 g/mol. The molecule has 0 aliphatic rings. The Morgan fingerprint density at radius 2 is 2.05 bits per heavy atom. The first-order valence-corrected chi connectivity index (χ1v) is 7.43. The minimum Gasteiger partial charge on any atom is -0.506 e. The van der Waals surface area contributed by atoms with Crippen molar-refractivity contribution in [2.24, 2.45) is 5.14 Å². The number of hydrogen-bond acceptors (Lipinski definition) is 5. The van der Waals surface area contributed by atoms with Gasteiger partial charge in [0.15, 0.2) is 0 Å². The van der Waals surface area contributed by atoms with Gasteiger partial charge in [0.05, 0.1) is 11.4 Å². The van der Waals surface area contributed by atoms with Crippen LogP contribution in [0.5, 0.6) is 5.75 Å². The molecule has 0 atom stereocenters. The van der Waals surface area contributed by atoms with E-state index in [9.17, 15) is 13.5 Å². The summed E-state index contributed by atoms with van der Waals surface area (Å²) in [4.78, 5) is 4.23. The smallest absolute Gasteiger partial charge is 0.238 e. The first-order valence-electron chi connectivity index (χ1n) is 5.88. The van der Waals surface area contributed by atoms with E-state index in [2.05, 4.69) is 10.3 Å². The number of aromatic nitrogens is 1. The molecule has 7 heteroatoms. The van der Waals surface area contributed by atoms with Gasteiger partial charge in [-0.05, 0) is 37.3 Å². The van der Waals surface area contributed by atoms with Gasteiger partial charge in [0, 0.05) is 11.4 Å². The third-order valence-electron chi connectivity index (χ3n) is 2.71. The van der Waals surface area contributed by atoms with Crippen molar-refractivity contribution >= 4 is 15.7 Å². The van der Waals surface area contributed by atoms with Crippen LogP contribution < -0.4 is 10.5 Å². The number of benzene rings is 1. The lowest BCUT2D eigenvalue weighted by atomic mass is 10.2. The van der Waals surface area contributed by atoms with Crippen molar-refractivity contribution in [3.63, 3.8) is 0 Å². The highest BCUT2D eigenvalue weighted by Gasteiger charge is 2.08. The number of aryl methyl sites for hydroxylation is 1. The highest BCUT2D eigenvalue weighted by molar-refractivity contribution is 7.89. The molecule has 0 aliphatic carbocycles. The number of aromatic hydroxyl groups is 1. The van der Waals surface area contributed by atoms with Crippen LogP contribution >= 0.6 is 0 Å². The van der Waals surface area contributed by atoms with E-state index in [0.29, 0.717) is 11.4 Å². The number of pyridine rings is 1. The SMILES string of the molecule is Cc1ccc(O)c(CNc2cccc(S(N)(=O)=O)c2)n1. The molecular weight excluding hydrogens is 278 g/mol. The van der Waals surface area contributed by atoms with Crippen LogP contribution in [0.2, 0.25) is 0 Å². The molecule has 0 saturated carbocycles. The normalized spacial score (nSPS) is 11.3. The molecule has 2 rings (SSSR count). The van der Waals surface area contributed by atoms with Gasteiger partial charge in [-0.2, -0.15) is 0 Å². The number of rotatable bonds is 4. The number of anilines is 1. The first-order chi connectivity index (χ1) is 9.36. The van der Waals surface area contributed by atoms with E-state index in [1.807, 2.05) is 6.92 Å². The lowest BCUT2D eigenvalue weighted by molar-refractivity contribution is 0.464. The van der Waals surface area contributed by atoms with E-state index in [0.717, 1.165) is 5.69 Å². The Balaban J connectivity index is 2.17. The van der Waals surface area contributed by atoms with Gasteiger partial charge >= 0.3 is 0 Å². The maximum Gasteiger partial charge on any atom is 0.238 e. The summed E-state index contributed by atoms with van der Waals surface area (Å²) < 4.78 is 22.5. The van der Waals surface area contributed by atoms with Crippen LogP contribution in [0.15, 0.2) is 41.3 Å². The second-order valence-corrected chi connectivity index (χ2v) is 5.91. The molecule has 0 aliphatic heterocycles. The second-order valence-electron chi connectivity index (χ2n) is 4.34. The van der Waals surface area contributed by atoms with Gasteiger partial charge in [-0.3, -0.25) is 4.98 Å². The maximum absolute atomic E-state index is 11.3. The highest BCUT2D eigenvalue weighted by Crippen LogP contribution is 2.18. The van der Waals surface area contributed by atoms with Gasteiger partial charge in [0.25, 0.3) is 0 Å². The summed E-state index contributed by atoms with van der Waals surface area (Å²) in [7, 11) is -3.73. The van der Waals surface area contributed by atoms with E-state index in [4.69, 9.17) is 5.14 Å². The second kappa shape index (κ2) is 5.48. The number of nitrogens with two attached hydrogens (primary N) is 1. The Bertz CT molecular complexity index is 729. The zero-order valence-corrected chi connectivity index (χ0v) is 11.7. The summed E-state index contributed by atoms with van der Waals surface area (Å²) in [5.74, 6) is 0.0886. The van der Waals surface area contributed by atoms with Crippen LogP contribution in [0.3, 0.4) is 0 Å². The van der Waals surface area contributed by atoms with Crippen LogP contribution in [0.25, 0.3) is 0 Å². The van der Waals surface area contributed by atoms with Gasteiger partial charge in [-0.25, -0.2) is 13.6 Å². The number of nitrogens with zero attached hydrogens (tertiary/aromatic N) is 1. The van der Waals surface area contributed by atoms with Crippen molar-refractivity contribution in [3.05, 3.63) is 47.8 Å². The summed E-state index contributed by atoms with van der Waals surface area (Å²) in [6.07, 6.45) is 0. The summed E-state index contributed by atoms with van der Waals surface area (Å²) in [5, 5.41) is 17.7. The minimum atomic E-state index is -3.73. The molecule has 0 saturated heterocycles. The van der Waals surface area contributed by atoms with Crippen molar-refractivity contribution in [1.29, 1.82) is 0 Å². The molecule has 4 N–H and O–H groups in total. The molecule has 2 aromatic rings. The molecule has 1 heterocycles. The number of sulfonamides is 1. The summed E-state index contributed by atoms with van der Waals surface area (Å²) in [6.45, 7) is 2.10. The van der Waals surface area contributed by atoms with E-state index in [1.165, 1.54) is 12.1 Å². The van der Waals surface area contributed by atoms with Crippen LogP contribution in [0, 0.1) is 6.92 Å². The van der Waals surface area contributed by atoms with Crippen molar-refractivity contribution in [3.8, 4) is 5.75 Å². The van der Waals surface area contributed by atoms with Gasteiger partial charge in [-0.1, -0.05) is 6.07 Å². The van der Waals surface area contributed by atoms with Gasteiger partial charge in [-0.15, -0.1) is 0 Å². The standard InChI is InChI=1S/C13H15N3O3S/c1-9-5-6-13(17)12(16-9)8-15-10-3-2-4-11(7-10)20(14,18)19/h2-7,15,17H,8H2,1H3,(H2,14,18,19). The van der Waals surface area contributed by atoms with Gasteiger partial charge in [0.2, 0.25) is 10.0 Å². The lowest BCUT2D eigenvalue weighted by Crippen LogP contribution is -2.12. The predicted molar refractivity (Wildman–Crippen MR) is 75.8 cm³/mol. The maximum atomic E-state index is 11.3. The topological polar surface area (TPSA) is 105 Å². The van der Waals surface area contributed by atoms with Crippen molar-refractivity contribution in [1.82, 2.24) is 4.98 Å². The van der Waals surface area contributed by atoms with Crippen LogP contribution in [-0.4, -0.2) is 18.5 Å². The Kier molecular flexibility index (Phi) is 3.91. The number of nitrogens with one attached hydrogen (secondary N) is 1. The van der Waals surface area contributed by atoms with Gasteiger partial charge in [0.1, 0.15) is 11.4 Å². The molecular formula is C13H15N3O3S. The van der Waals surface area contributed by atoms with Crippen molar-refractivity contribution < 1.29 is 13.5 Å². The van der Waals surface area contributed by atoms with E-state index < -0.39 is 10.0 Å². The molecule has 0 unspecified atom stereocenters. The third-order valence-corrected chi connectivity index (χ3v) is 3.62. The Labute approximate surface area is 117 Å². The zero-order chi connectivity index (χ0) is 14.8. The quantitative estimate of drug-likeness (QED) is 0.789. The molecule has 0 amide bonds. The predicted octanol–water partition coefficient (Wildman–Crippen LogP) is 1.36. The number of hydrogen-bond donors (Lipinski definition) is 3. The largest absolute Gasteiger partial charge is 0.506 e. The van der Waals surface area contributed by atoms with Crippen molar-refractivity contribution in [2.75, 3.05) is 5.32 Å². The minimum absolute atomic E-state index is 0.0314. The fraction of sp³-hybridized carbons (Fsp3) is 0.154. The Morgan fingerprint density at radius 3 is 2.75 bits per heavy atom. The fourth-order valence-corrected chi connectivity index (χ4v) is 2.26. The molecule has 106 valence electrons. The summed E-state index contributed by atoms with van der Waals surface area (Å²) >= 11 is 0. The van der Waals surface area contributed by atoms with E-state index in [-0.39, 0.29) is 17.2 Å². The molecule has 0 fully saturated rings. The van der Waals surface area contributed by atoms with Gasteiger partial charge < -0.3 is 10.4 Å². The molecule has 20 heavy (non-hydrogen) atoms. The van der Waals surface area contributed by atoms with E-state index in [1.54, 1.807) is 24.3 Å². The summed E-state index contributed by atoms with van der Waals surface area (Å²) in [5.41, 5.74) is 1.86. The van der Waals surface area contributed by atoms with Crippen LogP contribution in [0.1, 0.15) is 11.4 Å². The molecule has 1 aromatic heterocycles. The first kappa shape index (κ1) is 14.3. The third kappa shape index (κ3) is 3.46. The Morgan fingerprint density at radius 1 is 1.30 bits per heavy atom. The Hall–Kier alpha value is -2.12.